The molecule has 0 spiro atoms. The predicted octanol–water partition coefficient (Wildman–Crippen LogP) is 3.75. The highest BCUT2D eigenvalue weighted by atomic mass is 15.3. The maximum absolute atomic E-state index is 4.72. The Balaban J connectivity index is 1.70. The van der Waals surface area contributed by atoms with Crippen LogP contribution in [0, 0.1) is 13.8 Å². The van der Waals surface area contributed by atoms with Gasteiger partial charge in [-0.2, -0.15) is 5.10 Å². The molecule has 3 heterocycles. The number of aryl methyl sites for hydroxylation is 2. The van der Waals surface area contributed by atoms with Gasteiger partial charge < -0.3 is 0 Å². The molecule has 0 fully saturated rings. The molecule has 0 atom stereocenters. The Bertz CT molecular complexity index is 1250. The van der Waals surface area contributed by atoms with Crippen molar-refractivity contribution in [1.29, 1.82) is 0 Å². The summed E-state index contributed by atoms with van der Waals surface area (Å²) in [5, 5.41) is 9.96. The fraction of sp³-hybridized carbons (Fsp3) is 0.100. The van der Waals surface area contributed by atoms with Gasteiger partial charge in [-0.15, -0.1) is 5.10 Å². The smallest absolute Gasteiger partial charge is 0.182 e. The molecular weight excluding hydrogens is 324 g/mol. The molecule has 5 aromatic rings. The van der Waals surface area contributed by atoms with Crippen LogP contribution in [-0.2, 0) is 0 Å². The Kier molecular flexibility index (Phi) is 3.12. The normalized spacial score (nSPS) is 11.5. The van der Waals surface area contributed by atoms with Crippen LogP contribution in [-0.4, -0.2) is 29.4 Å². The summed E-state index contributed by atoms with van der Waals surface area (Å²) in [6.45, 7) is 4.13. The van der Waals surface area contributed by atoms with Gasteiger partial charge in [0.25, 0.3) is 0 Å². The zero-order valence-electron chi connectivity index (χ0n) is 14.5. The Morgan fingerprint density at radius 3 is 2.54 bits per heavy atom. The third-order valence-electron chi connectivity index (χ3n) is 4.46. The molecule has 3 aromatic heterocycles. The molecule has 0 aliphatic rings. The van der Waals surface area contributed by atoms with Crippen molar-refractivity contribution in [3.05, 3.63) is 72.2 Å². The second-order valence-electron chi connectivity index (χ2n) is 6.45. The molecule has 0 amide bonds. The molecule has 6 nitrogen and oxygen atoms in total. The third kappa shape index (κ3) is 2.27. The molecule has 0 saturated carbocycles. The molecule has 0 bridgehead atoms. The topological polar surface area (TPSA) is 60.9 Å². The van der Waals surface area contributed by atoms with Crippen LogP contribution in [0.4, 0.5) is 0 Å². The highest BCUT2D eigenvalue weighted by Gasteiger charge is 2.14. The van der Waals surface area contributed by atoms with Crippen molar-refractivity contribution in [2.24, 2.45) is 0 Å². The lowest BCUT2D eigenvalue weighted by Crippen LogP contribution is -1.99. The monoisotopic (exact) mass is 340 g/mol. The summed E-state index contributed by atoms with van der Waals surface area (Å²) in [7, 11) is 0. The van der Waals surface area contributed by atoms with E-state index in [1.54, 1.807) is 17.0 Å². The van der Waals surface area contributed by atoms with Gasteiger partial charge in [-0.25, -0.2) is 19.2 Å². The van der Waals surface area contributed by atoms with E-state index >= 15 is 0 Å². The van der Waals surface area contributed by atoms with Crippen LogP contribution < -0.4 is 0 Å². The average molecular weight is 340 g/mol. The summed E-state index contributed by atoms with van der Waals surface area (Å²) in [6.07, 6.45) is 3.49. The maximum Gasteiger partial charge on any atom is 0.182 e. The summed E-state index contributed by atoms with van der Waals surface area (Å²) >= 11 is 0. The van der Waals surface area contributed by atoms with Crippen molar-refractivity contribution in [3.8, 4) is 17.1 Å². The van der Waals surface area contributed by atoms with Crippen LogP contribution in [0.3, 0.4) is 0 Å². The predicted molar refractivity (Wildman–Crippen MR) is 100 cm³/mol. The van der Waals surface area contributed by atoms with Crippen LogP contribution in [0.5, 0.6) is 0 Å². The minimum atomic E-state index is 0.683. The van der Waals surface area contributed by atoms with Gasteiger partial charge in [0, 0.05) is 5.56 Å². The Morgan fingerprint density at radius 2 is 1.73 bits per heavy atom. The second-order valence-corrected chi connectivity index (χ2v) is 6.45. The molecule has 0 aliphatic heterocycles. The van der Waals surface area contributed by atoms with Gasteiger partial charge in [0.05, 0.1) is 17.3 Å². The van der Waals surface area contributed by atoms with Crippen molar-refractivity contribution < 1.29 is 0 Å². The quantitative estimate of drug-likeness (QED) is 0.491. The van der Waals surface area contributed by atoms with Gasteiger partial charge in [-0.1, -0.05) is 42.0 Å². The van der Waals surface area contributed by atoms with Crippen LogP contribution in [0.1, 0.15) is 11.1 Å². The molecule has 26 heavy (non-hydrogen) atoms. The molecule has 0 N–H and O–H groups in total. The van der Waals surface area contributed by atoms with E-state index in [4.69, 9.17) is 4.98 Å². The summed E-state index contributed by atoms with van der Waals surface area (Å²) in [5.74, 6) is 0.683. The highest BCUT2D eigenvalue weighted by Crippen LogP contribution is 2.23. The van der Waals surface area contributed by atoms with E-state index in [2.05, 4.69) is 53.3 Å². The summed E-state index contributed by atoms with van der Waals surface area (Å²) < 4.78 is 3.54. The number of hydrogen-bond acceptors (Lipinski definition) is 4. The Labute approximate surface area is 149 Å². The Morgan fingerprint density at radius 1 is 0.885 bits per heavy atom. The van der Waals surface area contributed by atoms with E-state index in [0.717, 1.165) is 27.9 Å². The summed E-state index contributed by atoms with van der Waals surface area (Å²) in [4.78, 5) is 9.28. The van der Waals surface area contributed by atoms with Gasteiger partial charge in [0.2, 0.25) is 0 Å². The molecule has 0 saturated heterocycles. The lowest BCUT2D eigenvalue weighted by Gasteiger charge is -2.03. The number of benzene rings is 2. The lowest BCUT2D eigenvalue weighted by atomic mass is 10.1. The minimum absolute atomic E-state index is 0.683. The Hall–Kier alpha value is -3.54. The molecule has 126 valence electrons. The zero-order valence-corrected chi connectivity index (χ0v) is 14.5. The largest absolute Gasteiger partial charge is 0.216 e. The van der Waals surface area contributed by atoms with Crippen molar-refractivity contribution in [2.75, 3.05) is 0 Å². The van der Waals surface area contributed by atoms with Crippen LogP contribution in [0.15, 0.2) is 61.1 Å². The molecule has 0 aliphatic carbocycles. The van der Waals surface area contributed by atoms with Crippen LogP contribution in [0.2, 0.25) is 0 Å². The fourth-order valence-electron chi connectivity index (χ4n) is 3.09. The van der Waals surface area contributed by atoms with Crippen molar-refractivity contribution in [2.45, 2.75) is 13.8 Å². The van der Waals surface area contributed by atoms with E-state index in [9.17, 15) is 0 Å². The van der Waals surface area contributed by atoms with Gasteiger partial charge in [0.15, 0.2) is 17.1 Å². The van der Waals surface area contributed by atoms with E-state index < -0.39 is 0 Å². The fourth-order valence-corrected chi connectivity index (χ4v) is 3.09. The number of nitrogens with zero attached hydrogens (tertiary/aromatic N) is 6. The minimum Gasteiger partial charge on any atom is -0.216 e. The summed E-state index contributed by atoms with van der Waals surface area (Å²) in [6, 6.07) is 16.4. The number of aromatic nitrogens is 6. The molecule has 5 rings (SSSR count). The number of rotatable bonds is 2. The van der Waals surface area contributed by atoms with Gasteiger partial charge >= 0.3 is 0 Å². The van der Waals surface area contributed by atoms with Crippen molar-refractivity contribution >= 4 is 16.7 Å². The molecular formula is C20H16N6. The summed E-state index contributed by atoms with van der Waals surface area (Å²) in [5.41, 5.74) is 5.88. The first-order valence-corrected chi connectivity index (χ1v) is 8.42. The standard InChI is InChI=1S/C20H16N6/c1-13-6-8-15(9-7-13)18-23-20-17-11-22-26(16-5-3-4-14(2)10-16)19(17)21-12-25(20)24-18/h3-12H,1-2H3. The zero-order chi connectivity index (χ0) is 17.7. The second kappa shape index (κ2) is 5.49. The van der Waals surface area contributed by atoms with E-state index in [0.29, 0.717) is 5.82 Å². The maximum atomic E-state index is 4.72. The van der Waals surface area contributed by atoms with Crippen molar-refractivity contribution in [1.82, 2.24) is 29.4 Å². The number of hydrogen-bond donors (Lipinski definition) is 0. The van der Waals surface area contributed by atoms with Crippen LogP contribution in [0.25, 0.3) is 33.8 Å². The lowest BCUT2D eigenvalue weighted by molar-refractivity contribution is 0.881. The SMILES string of the molecule is Cc1ccc(-c2nc3c4cnn(-c5cccc(C)c5)c4ncn3n2)cc1. The third-order valence-corrected chi connectivity index (χ3v) is 4.46. The number of fused-ring (bicyclic) bond motifs is 3. The molecule has 2 aromatic carbocycles. The molecule has 0 unspecified atom stereocenters. The van der Waals surface area contributed by atoms with Crippen LogP contribution >= 0.6 is 0 Å². The first-order chi connectivity index (χ1) is 12.7. The van der Waals surface area contributed by atoms with Gasteiger partial charge in [-0.05, 0) is 31.5 Å². The molecule has 0 radical (unpaired) electrons. The first-order valence-electron chi connectivity index (χ1n) is 8.42. The highest BCUT2D eigenvalue weighted by molar-refractivity contribution is 5.90. The first kappa shape index (κ1) is 14.8. The van der Waals surface area contributed by atoms with E-state index in [1.165, 1.54) is 11.1 Å². The van der Waals surface area contributed by atoms with Gasteiger partial charge in [0.1, 0.15) is 6.33 Å². The van der Waals surface area contributed by atoms with E-state index in [1.807, 2.05) is 28.9 Å². The average Bonchev–Trinajstić information content (AvgIpc) is 3.26. The molecule has 6 heteroatoms. The van der Waals surface area contributed by atoms with Gasteiger partial charge in [-0.3, -0.25) is 0 Å². The van der Waals surface area contributed by atoms with E-state index in [-0.39, 0.29) is 0 Å². The van der Waals surface area contributed by atoms with Crippen molar-refractivity contribution in [3.63, 3.8) is 0 Å².